The lowest BCUT2D eigenvalue weighted by Gasteiger charge is -2.34. The lowest BCUT2D eigenvalue weighted by Crippen LogP contribution is -2.37. The van der Waals surface area contributed by atoms with Crippen molar-refractivity contribution in [2.45, 2.75) is 32.8 Å². The van der Waals surface area contributed by atoms with E-state index in [9.17, 15) is 0 Å². The van der Waals surface area contributed by atoms with E-state index in [2.05, 4.69) is 45.8 Å². The van der Waals surface area contributed by atoms with Gasteiger partial charge >= 0.3 is 0 Å². The van der Waals surface area contributed by atoms with Crippen molar-refractivity contribution in [3.05, 3.63) is 72.6 Å². The molecule has 35 heavy (non-hydrogen) atoms. The third-order valence-electron chi connectivity index (χ3n) is 6.54. The third-order valence-corrected chi connectivity index (χ3v) is 6.54. The molecule has 176 valence electrons. The van der Waals surface area contributed by atoms with Crippen LogP contribution < -0.4 is 15.4 Å². The van der Waals surface area contributed by atoms with E-state index in [4.69, 9.17) is 15.5 Å². The number of pyridine rings is 2. The van der Waals surface area contributed by atoms with Gasteiger partial charge in [-0.05, 0) is 42.7 Å². The summed E-state index contributed by atoms with van der Waals surface area (Å²) in [5, 5.41) is 1.99. The zero-order valence-corrected chi connectivity index (χ0v) is 19.8. The Kier molecular flexibility index (Phi) is 5.21. The van der Waals surface area contributed by atoms with E-state index in [1.807, 2.05) is 41.2 Å². The summed E-state index contributed by atoms with van der Waals surface area (Å²) in [6, 6.07) is 12.4. The molecule has 0 atom stereocenters. The van der Waals surface area contributed by atoms with Gasteiger partial charge in [0, 0.05) is 53.9 Å². The van der Waals surface area contributed by atoms with Gasteiger partial charge in [-0.15, -0.1) is 0 Å². The van der Waals surface area contributed by atoms with Crippen LogP contribution in [0.1, 0.15) is 37.4 Å². The molecule has 1 aromatic carbocycles. The fourth-order valence-electron chi connectivity index (χ4n) is 4.44. The second-order valence-corrected chi connectivity index (χ2v) is 9.26. The van der Waals surface area contributed by atoms with E-state index in [1.54, 1.807) is 6.20 Å². The Hall–Kier alpha value is -4.20. The largest absolute Gasteiger partial charge is 0.489 e. The number of benzene rings is 1. The topological polar surface area (TPSA) is 95.0 Å². The molecule has 0 unspecified atom stereocenters. The number of rotatable bonds is 6. The minimum Gasteiger partial charge on any atom is -0.489 e. The lowest BCUT2D eigenvalue weighted by molar-refractivity contribution is 0.306. The van der Waals surface area contributed by atoms with Gasteiger partial charge in [-0.1, -0.05) is 13.8 Å². The summed E-state index contributed by atoms with van der Waals surface area (Å²) in [6.45, 7) is 6.97. The van der Waals surface area contributed by atoms with Gasteiger partial charge in [0.05, 0.1) is 22.8 Å². The second kappa shape index (κ2) is 8.54. The van der Waals surface area contributed by atoms with Gasteiger partial charge < -0.3 is 15.4 Å². The quantitative estimate of drug-likeness (QED) is 0.383. The summed E-state index contributed by atoms with van der Waals surface area (Å²) in [5.41, 5.74) is 11.9. The van der Waals surface area contributed by atoms with Crippen molar-refractivity contribution >= 4 is 33.4 Å². The zero-order valence-electron chi connectivity index (χ0n) is 19.8. The predicted molar refractivity (Wildman–Crippen MR) is 138 cm³/mol. The molecule has 1 fully saturated rings. The highest BCUT2D eigenvalue weighted by atomic mass is 16.5. The van der Waals surface area contributed by atoms with E-state index in [-0.39, 0.29) is 0 Å². The van der Waals surface area contributed by atoms with Crippen LogP contribution in [0.5, 0.6) is 5.75 Å². The SMILES string of the molecule is CC(C)c1cc(N2CCC2)c2ccc(OCc3cncc(-n4ccc5c(N)ncnc54)c3)cc2n1. The van der Waals surface area contributed by atoms with Crippen molar-refractivity contribution < 1.29 is 4.74 Å². The van der Waals surface area contributed by atoms with Crippen LogP contribution in [0.4, 0.5) is 11.5 Å². The molecule has 6 rings (SSSR count). The van der Waals surface area contributed by atoms with Crippen molar-refractivity contribution in [3.8, 4) is 11.4 Å². The van der Waals surface area contributed by atoms with Crippen molar-refractivity contribution in [3.63, 3.8) is 0 Å². The number of anilines is 2. The van der Waals surface area contributed by atoms with Gasteiger partial charge in [-0.3, -0.25) is 14.5 Å². The van der Waals surface area contributed by atoms with Crippen LogP contribution in [0.15, 0.2) is 61.3 Å². The molecule has 0 spiro atoms. The average Bonchev–Trinajstić information content (AvgIpc) is 3.27. The maximum Gasteiger partial charge on any atom is 0.150 e. The number of hydrogen-bond acceptors (Lipinski definition) is 7. The van der Waals surface area contributed by atoms with Crippen molar-refractivity contribution in [1.29, 1.82) is 0 Å². The Balaban J connectivity index is 1.27. The Bertz CT molecular complexity index is 1540. The number of fused-ring (bicyclic) bond motifs is 2. The molecule has 2 N–H and O–H groups in total. The Labute approximate surface area is 203 Å². The van der Waals surface area contributed by atoms with E-state index < -0.39 is 0 Å². The smallest absolute Gasteiger partial charge is 0.150 e. The standard InChI is InChI=1S/C27H27N7O/c1-17(2)23-12-25(33-7-3-8-33)21-5-4-20(11-24(21)32-23)35-15-18-10-19(14-29-13-18)34-9-6-22-26(28)30-16-31-27(22)34/h4-6,9-14,16-17H,3,7-8,15H2,1-2H3,(H2,28,30,31). The normalized spacial score (nSPS) is 13.5. The van der Waals surface area contributed by atoms with Crippen LogP contribution in [-0.4, -0.2) is 37.6 Å². The molecular weight excluding hydrogens is 438 g/mol. The molecule has 4 aromatic heterocycles. The summed E-state index contributed by atoms with van der Waals surface area (Å²) < 4.78 is 8.12. The highest BCUT2D eigenvalue weighted by Crippen LogP contribution is 2.34. The molecule has 8 nitrogen and oxygen atoms in total. The molecule has 1 aliphatic rings. The van der Waals surface area contributed by atoms with E-state index in [1.165, 1.54) is 23.8 Å². The van der Waals surface area contributed by atoms with Gasteiger partial charge in [0.2, 0.25) is 0 Å². The molecule has 0 amide bonds. The number of ether oxygens (including phenoxy) is 1. The number of hydrogen-bond donors (Lipinski definition) is 1. The molecule has 1 aliphatic heterocycles. The zero-order chi connectivity index (χ0) is 23.9. The van der Waals surface area contributed by atoms with Crippen LogP contribution in [0.25, 0.3) is 27.6 Å². The Morgan fingerprint density at radius 3 is 2.71 bits per heavy atom. The molecule has 5 heterocycles. The fourth-order valence-corrected chi connectivity index (χ4v) is 4.44. The lowest BCUT2D eigenvalue weighted by atomic mass is 10.0. The molecular formula is C27H27N7O. The summed E-state index contributed by atoms with van der Waals surface area (Å²) in [5.74, 6) is 1.62. The first-order valence-corrected chi connectivity index (χ1v) is 11.9. The first-order valence-electron chi connectivity index (χ1n) is 11.9. The third kappa shape index (κ3) is 3.90. The van der Waals surface area contributed by atoms with Crippen molar-refractivity contribution in [2.24, 2.45) is 0 Å². The monoisotopic (exact) mass is 465 g/mol. The Morgan fingerprint density at radius 1 is 1.03 bits per heavy atom. The van der Waals surface area contributed by atoms with Crippen molar-refractivity contribution in [1.82, 2.24) is 24.5 Å². The maximum atomic E-state index is 6.17. The molecule has 0 radical (unpaired) electrons. The van der Waals surface area contributed by atoms with Gasteiger partial charge in [-0.2, -0.15) is 0 Å². The van der Waals surface area contributed by atoms with Gasteiger partial charge in [0.1, 0.15) is 30.1 Å². The van der Waals surface area contributed by atoms with Crippen LogP contribution >= 0.6 is 0 Å². The number of nitrogen functional groups attached to an aromatic ring is 1. The van der Waals surface area contributed by atoms with Crippen LogP contribution in [0, 0.1) is 0 Å². The highest BCUT2D eigenvalue weighted by molar-refractivity contribution is 5.93. The number of aromatic nitrogens is 5. The summed E-state index contributed by atoms with van der Waals surface area (Å²) in [7, 11) is 0. The molecule has 0 bridgehead atoms. The van der Waals surface area contributed by atoms with E-state index in [0.717, 1.165) is 52.3 Å². The Morgan fingerprint density at radius 2 is 1.91 bits per heavy atom. The van der Waals surface area contributed by atoms with Crippen LogP contribution in [-0.2, 0) is 6.61 Å². The molecule has 0 saturated carbocycles. The first kappa shape index (κ1) is 21.3. The van der Waals surface area contributed by atoms with E-state index >= 15 is 0 Å². The number of nitrogens with zero attached hydrogens (tertiary/aromatic N) is 6. The van der Waals surface area contributed by atoms with E-state index in [0.29, 0.717) is 18.3 Å². The van der Waals surface area contributed by atoms with Crippen LogP contribution in [0.3, 0.4) is 0 Å². The average molecular weight is 466 g/mol. The van der Waals surface area contributed by atoms with Gasteiger partial charge in [0.25, 0.3) is 0 Å². The summed E-state index contributed by atoms with van der Waals surface area (Å²) in [6.07, 6.45) is 8.26. The van der Waals surface area contributed by atoms with Crippen LogP contribution in [0.2, 0.25) is 0 Å². The minimum absolute atomic E-state index is 0.364. The van der Waals surface area contributed by atoms with Crippen molar-refractivity contribution in [2.75, 3.05) is 23.7 Å². The minimum atomic E-state index is 0.364. The molecule has 0 aliphatic carbocycles. The fraction of sp³-hybridized carbons (Fsp3) is 0.259. The summed E-state index contributed by atoms with van der Waals surface area (Å²) >= 11 is 0. The molecule has 5 aromatic rings. The second-order valence-electron chi connectivity index (χ2n) is 9.26. The molecule has 8 heteroatoms. The maximum absolute atomic E-state index is 6.17. The predicted octanol–water partition coefficient (Wildman–Crippen LogP) is 4.86. The first-order chi connectivity index (χ1) is 17.1. The summed E-state index contributed by atoms with van der Waals surface area (Å²) in [4.78, 5) is 20.2. The van der Waals surface area contributed by atoms with Gasteiger partial charge in [-0.25, -0.2) is 9.97 Å². The molecule has 1 saturated heterocycles. The van der Waals surface area contributed by atoms with Gasteiger partial charge in [0.15, 0.2) is 0 Å². The number of nitrogens with two attached hydrogens (primary N) is 1. The highest BCUT2D eigenvalue weighted by Gasteiger charge is 2.19.